The van der Waals surface area contributed by atoms with Gasteiger partial charge in [-0.15, -0.1) is 0 Å². The lowest BCUT2D eigenvalue weighted by Crippen LogP contribution is -2.40. The molecule has 0 saturated heterocycles. The molecule has 0 rings (SSSR count). The van der Waals surface area contributed by atoms with Crippen molar-refractivity contribution in [3.63, 3.8) is 0 Å². The molecule has 0 aromatic rings. The molecule has 0 aliphatic rings. The Morgan fingerprint density at radius 2 is 1.89 bits per heavy atom. The van der Waals surface area contributed by atoms with Gasteiger partial charge in [-0.25, -0.2) is 0 Å². The van der Waals surface area contributed by atoms with Gasteiger partial charge in [0.2, 0.25) is 0 Å². The summed E-state index contributed by atoms with van der Waals surface area (Å²) in [7, 11) is 4.35. The molecule has 0 aliphatic carbocycles. The molecule has 0 saturated carbocycles. The number of aliphatic hydroxyl groups excluding tert-OH is 1. The number of rotatable bonds is 4. The summed E-state index contributed by atoms with van der Waals surface area (Å²) >= 11 is 0. The molecule has 0 unspecified atom stereocenters. The fraction of sp³-hybridized carbons (Fsp3) is 1.00. The normalized spacial score (nSPS) is 12.0. The zero-order chi connectivity index (χ0) is 7.33. The van der Waals surface area contributed by atoms with Gasteiger partial charge in [-0.3, -0.25) is 0 Å². The molecule has 2 heteroatoms. The summed E-state index contributed by atoms with van der Waals surface area (Å²) in [5.74, 6) is 0. The van der Waals surface area contributed by atoms with Gasteiger partial charge in [-0.1, -0.05) is 0 Å². The van der Waals surface area contributed by atoms with Crippen molar-refractivity contribution in [3.05, 3.63) is 0 Å². The lowest BCUT2D eigenvalue weighted by molar-refractivity contribution is -0.888. The lowest BCUT2D eigenvalue weighted by atomic mass is 10.3. The first-order valence-corrected chi connectivity index (χ1v) is 3.55. The highest BCUT2D eigenvalue weighted by Crippen LogP contribution is 1.96. The zero-order valence-electron chi connectivity index (χ0n) is 6.72. The van der Waals surface area contributed by atoms with Gasteiger partial charge in [-0.2, -0.15) is 0 Å². The van der Waals surface area contributed by atoms with E-state index in [-0.39, 0.29) is 0 Å². The van der Waals surface area contributed by atoms with Crippen LogP contribution in [-0.4, -0.2) is 43.4 Å². The highest BCUT2D eigenvalue weighted by molar-refractivity contribution is 4.31. The van der Waals surface area contributed by atoms with E-state index < -0.39 is 0 Å². The Kier molecular flexibility index (Phi) is 3.82. The van der Waals surface area contributed by atoms with Crippen LogP contribution in [0, 0.1) is 0 Å². The smallest absolute Gasteiger partial charge is 0.0804 e. The quantitative estimate of drug-likeness (QED) is 0.551. The number of quaternary nitrogens is 1. The Labute approximate surface area is 57.7 Å². The van der Waals surface area contributed by atoms with Crippen LogP contribution < -0.4 is 0 Å². The average molecular weight is 132 g/mol. The Hall–Kier alpha value is -0.0800. The molecule has 0 heterocycles. The molecular weight excluding hydrogens is 114 g/mol. The van der Waals surface area contributed by atoms with Crippen LogP contribution in [0.2, 0.25) is 0 Å². The maximum atomic E-state index is 8.52. The molecule has 0 atom stereocenters. The monoisotopic (exact) mass is 132 g/mol. The second kappa shape index (κ2) is 3.85. The van der Waals surface area contributed by atoms with Crippen molar-refractivity contribution in [2.24, 2.45) is 0 Å². The predicted molar refractivity (Wildman–Crippen MR) is 39.2 cm³/mol. The van der Waals surface area contributed by atoms with Crippen molar-refractivity contribution in [2.75, 3.05) is 33.8 Å². The zero-order valence-corrected chi connectivity index (χ0v) is 6.72. The first-order chi connectivity index (χ1) is 4.12. The highest BCUT2D eigenvalue weighted by atomic mass is 16.3. The van der Waals surface area contributed by atoms with Crippen molar-refractivity contribution in [1.82, 2.24) is 0 Å². The summed E-state index contributed by atoms with van der Waals surface area (Å²) in [5, 5.41) is 8.52. The number of hydrogen-bond acceptors (Lipinski definition) is 1. The van der Waals surface area contributed by atoms with Crippen LogP contribution in [0.4, 0.5) is 0 Å². The van der Waals surface area contributed by atoms with E-state index in [2.05, 4.69) is 21.0 Å². The molecule has 2 nitrogen and oxygen atoms in total. The second-order valence-corrected chi connectivity index (χ2v) is 3.05. The van der Waals surface area contributed by atoms with E-state index >= 15 is 0 Å². The maximum absolute atomic E-state index is 8.52. The van der Waals surface area contributed by atoms with Gasteiger partial charge in [0.1, 0.15) is 0 Å². The summed E-state index contributed by atoms with van der Waals surface area (Å²) in [6.07, 6.45) is 0.918. The van der Waals surface area contributed by atoms with Gasteiger partial charge in [0.15, 0.2) is 0 Å². The topological polar surface area (TPSA) is 20.2 Å². The van der Waals surface area contributed by atoms with Crippen LogP contribution in [0.25, 0.3) is 0 Å². The van der Waals surface area contributed by atoms with Crippen LogP contribution >= 0.6 is 0 Å². The van der Waals surface area contributed by atoms with E-state index in [0.717, 1.165) is 24.0 Å². The van der Waals surface area contributed by atoms with Crippen LogP contribution in [0.3, 0.4) is 0 Å². The third kappa shape index (κ3) is 4.43. The number of nitrogens with zero attached hydrogens (tertiary/aromatic N) is 1. The molecule has 0 aromatic carbocycles. The number of aliphatic hydroxyl groups is 1. The largest absolute Gasteiger partial charge is 0.396 e. The van der Waals surface area contributed by atoms with E-state index in [4.69, 9.17) is 5.11 Å². The Bertz CT molecular complexity index is 71.3. The molecule has 0 aromatic heterocycles. The Balaban J connectivity index is 3.33. The van der Waals surface area contributed by atoms with E-state index in [0.29, 0.717) is 6.61 Å². The highest BCUT2D eigenvalue weighted by Gasteiger charge is 2.09. The first-order valence-electron chi connectivity index (χ1n) is 3.55. The van der Waals surface area contributed by atoms with E-state index in [1.54, 1.807) is 0 Å². The molecule has 0 fully saturated rings. The van der Waals surface area contributed by atoms with Crippen molar-refractivity contribution >= 4 is 0 Å². The molecule has 9 heavy (non-hydrogen) atoms. The molecule has 0 radical (unpaired) electrons. The Morgan fingerprint density at radius 1 is 1.33 bits per heavy atom. The summed E-state index contributed by atoms with van der Waals surface area (Å²) in [6.45, 7) is 4.70. The summed E-state index contributed by atoms with van der Waals surface area (Å²) < 4.78 is 1.01. The molecule has 56 valence electrons. The van der Waals surface area contributed by atoms with Gasteiger partial charge in [0, 0.05) is 13.0 Å². The van der Waals surface area contributed by atoms with Crippen molar-refractivity contribution in [3.8, 4) is 0 Å². The minimum Gasteiger partial charge on any atom is -0.396 e. The minimum atomic E-state index is 0.321. The summed E-state index contributed by atoms with van der Waals surface area (Å²) in [4.78, 5) is 0. The standard InChI is InChI=1S/C7H18NO/c1-4-8(2,3)6-5-7-9/h9H,4-7H2,1-3H3/q+1. The van der Waals surface area contributed by atoms with Crippen LogP contribution in [0.15, 0.2) is 0 Å². The molecule has 0 amide bonds. The summed E-state index contributed by atoms with van der Waals surface area (Å²) in [6, 6.07) is 0. The fourth-order valence-electron chi connectivity index (χ4n) is 0.657. The van der Waals surface area contributed by atoms with Gasteiger partial charge in [0.05, 0.1) is 27.2 Å². The lowest BCUT2D eigenvalue weighted by Gasteiger charge is -2.27. The molecule has 1 N–H and O–H groups in total. The third-order valence-corrected chi connectivity index (χ3v) is 1.78. The van der Waals surface area contributed by atoms with Crippen molar-refractivity contribution < 1.29 is 9.59 Å². The van der Waals surface area contributed by atoms with Gasteiger partial charge in [0.25, 0.3) is 0 Å². The van der Waals surface area contributed by atoms with Gasteiger partial charge in [-0.05, 0) is 6.92 Å². The van der Waals surface area contributed by atoms with Gasteiger partial charge < -0.3 is 9.59 Å². The first kappa shape index (κ1) is 8.92. The van der Waals surface area contributed by atoms with E-state index in [1.165, 1.54) is 0 Å². The fourth-order valence-corrected chi connectivity index (χ4v) is 0.657. The molecule has 0 spiro atoms. The van der Waals surface area contributed by atoms with Crippen molar-refractivity contribution in [2.45, 2.75) is 13.3 Å². The van der Waals surface area contributed by atoms with Crippen LogP contribution in [-0.2, 0) is 0 Å². The molecule has 0 aliphatic heterocycles. The van der Waals surface area contributed by atoms with E-state index in [9.17, 15) is 0 Å². The number of hydrogen-bond donors (Lipinski definition) is 1. The summed E-state index contributed by atoms with van der Waals surface area (Å²) in [5.41, 5.74) is 0. The SMILES string of the molecule is CC[N+](C)(C)CCCO. The second-order valence-electron chi connectivity index (χ2n) is 3.05. The Morgan fingerprint density at radius 3 is 2.22 bits per heavy atom. The molecule has 0 bridgehead atoms. The molecular formula is C7H18NO+. The van der Waals surface area contributed by atoms with Crippen molar-refractivity contribution in [1.29, 1.82) is 0 Å². The predicted octanol–water partition coefficient (Wildman–Crippen LogP) is 0.465. The average Bonchev–Trinajstić information content (AvgIpc) is 1.84. The maximum Gasteiger partial charge on any atom is 0.0804 e. The van der Waals surface area contributed by atoms with E-state index in [1.807, 2.05) is 0 Å². The van der Waals surface area contributed by atoms with Crippen LogP contribution in [0.1, 0.15) is 13.3 Å². The minimum absolute atomic E-state index is 0.321. The van der Waals surface area contributed by atoms with Gasteiger partial charge >= 0.3 is 0 Å². The third-order valence-electron chi connectivity index (χ3n) is 1.78. The van der Waals surface area contributed by atoms with Crippen LogP contribution in [0.5, 0.6) is 0 Å².